The van der Waals surface area contributed by atoms with Gasteiger partial charge in [-0.05, 0) is 34.7 Å². The summed E-state index contributed by atoms with van der Waals surface area (Å²) < 4.78 is 0.749. The van der Waals surface area contributed by atoms with Crippen LogP contribution in [0.25, 0.3) is 4.98 Å². The Hall–Kier alpha value is -1.16. The van der Waals surface area contributed by atoms with Crippen molar-refractivity contribution in [2.75, 3.05) is 0 Å². The number of benzene rings is 1. The molecule has 0 heterocycles. The van der Waals surface area contributed by atoms with Gasteiger partial charge in [-0.2, -0.15) is 0 Å². The fourth-order valence-corrected chi connectivity index (χ4v) is 1.25. The van der Waals surface area contributed by atoms with Crippen molar-refractivity contribution in [1.82, 2.24) is 0 Å². The van der Waals surface area contributed by atoms with Crippen molar-refractivity contribution in [3.63, 3.8) is 0 Å². The van der Waals surface area contributed by atoms with E-state index in [1.807, 2.05) is 22.6 Å². The summed E-state index contributed by atoms with van der Waals surface area (Å²) in [5.74, 6) is -1.35. The second-order valence-corrected chi connectivity index (χ2v) is 3.29. The third-order valence-electron chi connectivity index (χ3n) is 1.29. The number of aromatic carboxylic acids is 1. The molecule has 1 aromatic rings. The molecule has 5 heteroatoms. The van der Waals surface area contributed by atoms with Gasteiger partial charge in [0.15, 0.2) is 4.98 Å². The molecule has 0 fully saturated rings. The maximum atomic E-state index is 10.4. The van der Waals surface area contributed by atoms with E-state index in [1.165, 1.54) is 12.1 Å². The first-order valence-corrected chi connectivity index (χ1v) is 4.09. The number of rotatable bonds is 1. The molecule has 0 saturated heterocycles. The lowest BCUT2D eigenvalue weighted by molar-refractivity contribution is -0.254. The van der Waals surface area contributed by atoms with E-state index in [2.05, 4.69) is 4.98 Å². The standard InChI is InChI=1S/C7H3IN2O2/c8-4-1-2-6(10-9)5(3-4)7(11)12/h1-3H. The SMILES string of the molecule is N#[N+]c1ccc(I)cc1C(=O)[O-]. The maximum absolute atomic E-state index is 10.4. The summed E-state index contributed by atoms with van der Waals surface area (Å²) in [5, 5.41) is 18.8. The van der Waals surface area contributed by atoms with Gasteiger partial charge in [0.2, 0.25) is 5.39 Å². The lowest BCUT2D eigenvalue weighted by Gasteiger charge is -1.97. The number of nitrogens with zero attached hydrogens (tertiary/aromatic N) is 2. The zero-order chi connectivity index (χ0) is 9.14. The van der Waals surface area contributed by atoms with Crippen molar-refractivity contribution >= 4 is 34.2 Å². The molecule has 4 nitrogen and oxygen atoms in total. The molecule has 0 bridgehead atoms. The number of hydrogen-bond donors (Lipinski definition) is 0. The number of halogens is 1. The predicted octanol–water partition coefficient (Wildman–Crippen LogP) is 1.14. The van der Waals surface area contributed by atoms with Gasteiger partial charge in [0.25, 0.3) is 0 Å². The summed E-state index contributed by atoms with van der Waals surface area (Å²) in [6.07, 6.45) is 0. The van der Waals surface area contributed by atoms with Crippen molar-refractivity contribution in [3.05, 3.63) is 32.3 Å². The largest absolute Gasteiger partial charge is 0.545 e. The van der Waals surface area contributed by atoms with Gasteiger partial charge in [0.05, 0.1) is 11.5 Å². The first kappa shape index (κ1) is 8.93. The van der Waals surface area contributed by atoms with E-state index in [4.69, 9.17) is 5.39 Å². The molecule has 0 atom stereocenters. The Kier molecular flexibility index (Phi) is 2.60. The molecule has 0 N–H and O–H groups in total. The van der Waals surface area contributed by atoms with Crippen molar-refractivity contribution in [3.8, 4) is 0 Å². The smallest absolute Gasteiger partial charge is 0.394 e. The summed E-state index contributed by atoms with van der Waals surface area (Å²) in [7, 11) is 0. The highest BCUT2D eigenvalue weighted by molar-refractivity contribution is 14.1. The van der Waals surface area contributed by atoms with Crippen LogP contribution in [-0.4, -0.2) is 5.97 Å². The van der Waals surface area contributed by atoms with Crippen LogP contribution in [0, 0.1) is 8.96 Å². The first-order valence-electron chi connectivity index (χ1n) is 3.01. The summed E-state index contributed by atoms with van der Waals surface area (Å²) >= 11 is 1.96. The van der Waals surface area contributed by atoms with Gasteiger partial charge < -0.3 is 9.90 Å². The first-order chi connectivity index (χ1) is 5.65. The van der Waals surface area contributed by atoms with Gasteiger partial charge in [-0.3, -0.25) is 0 Å². The van der Waals surface area contributed by atoms with Crippen LogP contribution in [0.2, 0.25) is 0 Å². The average molecular weight is 274 g/mol. The van der Waals surface area contributed by atoms with Crippen LogP contribution < -0.4 is 5.11 Å². The number of hydrogen-bond acceptors (Lipinski definition) is 3. The third kappa shape index (κ3) is 1.71. The summed E-state index contributed by atoms with van der Waals surface area (Å²) in [6, 6.07) is 4.43. The van der Waals surface area contributed by atoms with Crippen molar-refractivity contribution < 1.29 is 9.90 Å². The molecule has 0 radical (unpaired) electrons. The van der Waals surface area contributed by atoms with Crippen LogP contribution in [-0.2, 0) is 0 Å². The van der Waals surface area contributed by atoms with E-state index in [0.717, 1.165) is 3.57 Å². The molecule has 12 heavy (non-hydrogen) atoms. The zero-order valence-electron chi connectivity index (χ0n) is 5.82. The minimum Gasteiger partial charge on any atom is -0.545 e. The molecular formula is C7H3IN2O2. The highest BCUT2D eigenvalue weighted by atomic mass is 127. The van der Waals surface area contributed by atoms with E-state index in [-0.39, 0.29) is 11.3 Å². The Labute approximate surface area is 82.0 Å². The lowest BCUT2D eigenvalue weighted by Crippen LogP contribution is -2.22. The van der Waals surface area contributed by atoms with E-state index in [9.17, 15) is 9.90 Å². The molecule has 0 spiro atoms. The third-order valence-corrected chi connectivity index (χ3v) is 1.96. The van der Waals surface area contributed by atoms with Gasteiger partial charge in [-0.25, -0.2) is 0 Å². The van der Waals surface area contributed by atoms with Crippen LogP contribution in [0.1, 0.15) is 10.4 Å². The highest BCUT2D eigenvalue weighted by Gasteiger charge is 2.13. The van der Waals surface area contributed by atoms with Crippen molar-refractivity contribution in [2.45, 2.75) is 0 Å². The van der Waals surface area contributed by atoms with E-state index >= 15 is 0 Å². The molecule has 0 saturated carbocycles. The van der Waals surface area contributed by atoms with Crippen LogP contribution in [0.5, 0.6) is 0 Å². The summed E-state index contributed by atoms with van der Waals surface area (Å²) in [4.78, 5) is 13.3. The molecule has 0 aromatic heterocycles. The van der Waals surface area contributed by atoms with Crippen LogP contribution >= 0.6 is 22.6 Å². The minimum absolute atomic E-state index is 0.00964. The molecule has 0 amide bonds. The molecule has 0 aliphatic rings. The Balaban J connectivity index is 3.34. The number of carboxylic acid groups (broad SMARTS) is 1. The summed E-state index contributed by atoms with van der Waals surface area (Å²) in [6.45, 7) is 0. The Morgan fingerprint density at radius 3 is 2.75 bits per heavy atom. The average Bonchev–Trinajstić information content (AvgIpc) is 2.04. The van der Waals surface area contributed by atoms with Crippen LogP contribution in [0.3, 0.4) is 0 Å². The zero-order valence-corrected chi connectivity index (χ0v) is 7.98. The Morgan fingerprint density at radius 2 is 2.25 bits per heavy atom. The van der Waals surface area contributed by atoms with E-state index in [1.54, 1.807) is 6.07 Å². The molecule has 0 unspecified atom stereocenters. The molecule has 0 aliphatic carbocycles. The van der Waals surface area contributed by atoms with Gasteiger partial charge in [0.1, 0.15) is 0 Å². The lowest BCUT2D eigenvalue weighted by atomic mass is 10.2. The van der Waals surface area contributed by atoms with Crippen LogP contribution in [0.15, 0.2) is 18.2 Å². The summed E-state index contributed by atoms with van der Waals surface area (Å²) in [5.41, 5.74) is -0.0974. The molecular weight excluding hydrogens is 271 g/mol. The number of carbonyl (C=O) groups is 1. The molecule has 0 aliphatic heterocycles. The molecule has 1 rings (SSSR count). The normalized spacial score (nSPS) is 9.00. The van der Waals surface area contributed by atoms with Crippen molar-refractivity contribution in [2.24, 2.45) is 0 Å². The second-order valence-electron chi connectivity index (χ2n) is 2.05. The second kappa shape index (κ2) is 3.49. The van der Waals surface area contributed by atoms with Gasteiger partial charge in [-0.1, -0.05) is 0 Å². The minimum atomic E-state index is -1.35. The van der Waals surface area contributed by atoms with Crippen molar-refractivity contribution in [1.29, 1.82) is 5.39 Å². The van der Waals surface area contributed by atoms with Gasteiger partial charge in [-0.15, -0.1) is 0 Å². The van der Waals surface area contributed by atoms with E-state index < -0.39 is 5.97 Å². The quantitative estimate of drug-likeness (QED) is 0.569. The highest BCUT2D eigenvalue weighted by Crippen LogP contribution is 2.20. The molecule has 1 aromatic carbocycles. The van der Waals surface area contributed by atoms with Gasteiger partial charge in [0, 0.05) is 9.64 Å². The number of carbonyl (C=O) groups excluding carboxylic acids is 1. The molecule has 60 valence electrons. The Morgan fingerprint density at radius 1 is 1.58 bits per heavy atom. The fraction of sp³-hybridized carbons (Fsp3) is 0. The predicted molar refractivity (Wildman–Crippen MR) is 48.2 cm³/mol. The Bertz CT molecular complexity index is 370. The topological polar surface area (TPSA) is 68.3 Å². The fourth-order valence-electron chi connectivity index (χ4n) is 0.759. The number of carboxylic acids is 1. The monoisotopic (exact) mass is 274 g/mol. The van der Waals surface area contributed by atoms with Gasteiger partial charge >= 0.3 is 5.69 Å². The number of diazo groups is 1. The van der Waals surface area contributed by atoms with Crippen LogP contribution in [0.4, 0.5) is 5.69 Å². The van der Waals surface area contributed by atoms with E-state index in [0.29, 0.717) is 0 Å². The maximum Gasteiger partial charge on any atom is 0.394 e.